The van der Waals surface area contributed by atoms with E-state index < -0.39 is 22.4 Å². The van der Waals surface area contributed by atoms with E-state index in [1.54, 1.807) is 12.1 Å². The van der Waals surface area contributed by atoms with E-state index in [1.807, 2.05) is 6.92 Å². The molecule has 1 aromatic rings. The van der Waals surface area contributed by atoms with Crippen molar-refractivity contribution in [3.8, 4) is 0 Å². The lowest BCUT2D eigenvalue weighted by Gasteiger charge is -2.33. The maximum absolute atomic E-state index is 13.6. The van der Waals surface area contributed by atoms with Gasteiger partial charge in [-0.2, -0.15) is 8.42 Å². The van der Waals surface area contributed by atoms with Gasteiger partial charge >= 0.3 is 0 Å². The minimum absolute atomic E-state index is 0.0546. The van der Waals surface area contributed by atoms with E-state index in [2.05, 4.69) is 5.32 Å². The molecule has 0 bridgehead atoms. The third-order valence-electron chi connectivity index (χ3n) is 2.67. The van der Waals surface area contributed by atoms with Gasteiger partial charge in [0.05, 0.1) is 4.90 Å². The molecular formula is C11H14FNO3S. The van der Waals surface area contributed by atoms with Gasteiger partial charge in [0.2, 0.25) is 0 Å². The van der Waals surface area contributed by atoms with Crippen LogP contribution in [-0.2, 0) is 14.3 Å². The maximum atomic E-state index is 13.6. The van der Waals surface area contributed by atoms with Gasteiger partial charge in [0, 0.05) is 13.1 Å². The SMILES string of the molecule is Cc1ccc(S(=O)(=O)OCC2(F)CNC2)cc1. The van der Waals surface area contributed by atoms with Crippen molar-refractivity contribution >= 4 is 10.1 Å². The fourth-order valence-corrected chi connectivity index (χ4v) is 2.43. The standard InChI is InChI=1S/C11H14FNO3S/c1-9-2-4-10(5-3-9)17(14,15)16-8-11(12)6-13-7-11/h2-5,13H,6-8H2,1H3. The Kier molecular flexibility index (Phi) is 3.20. The molecule has 4 nitrogen and oxygen atoms in total. The predicted octanol–water partition coefficient (Wildman–Crippen LogP) is 1.01. The average molecular weight is 259 g/mol. The second-order valence-corrected chi connectivity index (χ2v) is 5.90. The fourth-order valence-electron chi connectivity index (χ4n) is 1.45. The second-order valence-electron chi connectivity index (χ2n) is 4.28. The normalized spacial score (nSPS) is 18.7. The van der Waals surface area contributed by atoms with Crippen molar-refractivity contribution in [3.05, 3.63) is 29.8 Å². The van der Waals surface area contributed by atoms with Gasteiger partial charge in [-0.15, -0.1) is 0 Å². The lowest BCUT2D eigenvalue weighted by atomic mass is 10.0. The molecule has 0 spiro atoms. The number of hydrogen-bond donors (Lipinski definition) is 1. The summed E-state index contributed by atoms with van der Waals surface area (Å²) in [5, 5.41) is 2.74. The number of nitrogens with one attached hydrogen (secondary N) is 1. The number of hydrogen-bond acceptors (Lipinski definition) is 4. The summed E-state index contributed by atoms with van der Waals surface area (Å²) in [6, 6.07) is 6.25. The summed E-state index contributed by atoms with van der Waals surface area (Å²) in [7, 11) is -3.85. The van der Waals surface area contributed by atoms with Gasteiger partial charge in [0.1, 0.15) is 6.61 Å². The molecule has 1 N–H and O–H groups in total. The Bertz CT molecular complexity index is 494. The number of aryl methyl sites for hydroxylation is 1. The summed E-state index contributed by atoms with van der Waals surface area (Å²) >= 11 is 0. The molecule has 0 atom stereocenters. The lowest BCUT2D eigenvalue weighted by molar-refractivity contribution is 0.0372. The van der Waals surface area contributed by atoms with Gasteiger partial charge in [-0.05, 0) is 19.1 Å². The van der Waals surface area contributed by atoms with Gasteiger partial charge in [-0.1, -0.05) is 17.7 Å². The number of benzene rings is 1. The Balaban J connectivity index is 2.06. The Morgan fingerprint density at radius 2 is 1.94 bits per heavy atom. The highest BCUT2D eigenvalue weighted by molar-refractivity contribution is 7.86. The molecule has 1 heterocycles. The first-order chi connectivity index (χ1) is 7.91. The second kappa shape index (κ2) is 4.36. The molecule has 0 saturated carbocycles. The van der Waals surface area contributed by atoms with Crippen LogP contribution in [0.2, 0.25) is 0 Å². The predicted molar refractivity (Wildman–Crippen MR) is 61.0 cm³/mol. The Hall–Kier alpha value is -0.980. The molecule has 6 heteroatoms. The van der Waals surface area contributed by atoms with Crippen LogP contribution in [0.5, 0.6) is 0 Å². The summed E-state index contributed by atoms with van der Waals surface area (Å²) in [6.45, 7) is 1.69. The van der Waals surface area contributed by atoms with Crippen LogP contribution in [0.25, 0.3) is 0 Å². The van der Waals surface area contributed by atoms with Gasteiger partial charge < -0.3 is 5.32 Å². The zero-order chi connectivity index (χ0) is 12.5. The fraction of sp³-hybridized carbons (Fsp3) is 0.455. The summed E-state index contributed by atoms with van der Waals surface area (Å²) in [5.74, 6) is 0. The number of alkyl halides is 1. The van der Waals surface area contributed by atoms with E-state index in [4.69, 9.17) is 4.18 Å². The van der Waals surface area contributed by atoms with E-state index >= 15 is 0 Å². The van der Waals surface area contributed by atoms with Crippen LogP contribution in [0, 0.1) is 6.92 Å². The Morgan fingerprint density at radius 1 is 1.35 bits per heavy atom. The molecule has 1 aliphatic heterocycles. The van der Waals surface area contributed by atoms with Crippen molar-refractivity contribution in [3.63, 3.8) is 0 Å². The zero-order valence-corrected chi connectivity index (χ0v) is 10.3. The van der Waals surface area contributed by atoms with Crippen LogP contribution in [-0.4, -0.2) is 33.8 Å². The first-order valence-electron chi connectivity index (χ1n) is 5.27. The van der Waals surface area contributed by atoms with E-state index in [0.29, 0.717) is 0 Å². The largest absolute Gasteiger partial charge is 0.310 e. The van der Waals surface area contributed by atoms with Crippen LogP contribution in [0.4, 0.5) is 4.39 Å². The molecule has 1 saturated heterocycles. The topological polar surface area (TPSA) is 55.4 Å². The van der Waals surface area contributed by atoms with Crippen molar-refractivity contribution in [2.75, 3.05) is 19.7 Å². The molecule has 1 aliphatic rings. The van der Waals surface area contributed by atoms with E-state index in [-0.39, 0.29) is 18.0 Å². The van der Waals surface area contributed by atoms with Crippen LogP contribution in [0.1, 0.15) is 5.56 Å². The highest BCUT2D eigenvalue weighted by atomic mass is 32.2. The smallest absolute Gasteiger partial charge is 0.297 e. The van der Waals surface area contributed by atoms with Gasteiger partial charge in [0.15, 0.2) is 5.67 Å². The molecule has 1 fully saturated rings. The van der Waals surface area contributed by atoms with E-state index in [1.165, 1.54) is 12.1 Å². The third kappa shape index (κ3) is 2.83. The molecule has 0 unspecified atom stereocenters. The van der Waals surface area contributed by atoms with Crippen LogP contribution in [0.15, 0.2) is 29.2 Å². The minimum Gasteiger partial charge on any atom is -0.310 e. The molecule has 2 rings (SSSR count). The first-order valence-corrected chi connectivity index (χ1v) is 6.68. The van der Waals surface area contributed by atoms with Crippen molar-refractivity contribution in [1.82, 2.24) is 5.32 Å². The molecule has 0 aliphatic carbocycles. The molecule has 0 aromatic heterocycles. The monoisotopic (exact) mass is 259 g/mol. The Morgan fingerprint density at radius 3 is 2.41 bits per heavy atom. The highest BCUT2D eigenvalue weighted by Crippen LogP contribution is 2.20. The highest BCUT2D eigenvalue weighted by Gasteiger charge is 2.39. The lowest BCUT2D eigenvalue weighted by Crippen LogP contribution is -2.59. The van der Waals surface area contributed by atoms with E-state index in [9.17, 15) is 12.8 Å². The van der Waals surface area contributed by atoms with Gasteiger partial charge in [-0.25, -0.2) is 4.39 Å². The van der Waals surface area contributed by atoms with Crippen LogP contribution < -0.4 is 5.32 Å². The molecule has 94 valence electrons. The molecule has 0 amide bonds. The van der Waals surface area contributed by atoms with Gasteiger partial charge in [-0.3, -0.25) is 4.18 Å². The molecular weight excluding hydrogens is 245 g/mol. The molecule has 1 aromatic carbocycles. The summed E-state index contributed by atoms with van der Waals surface area (Å²) in [4.78, 5) is 0.0546. The number of rotatable bonds is 4. The van der Waals surface area contributed by atoms with Crippen molar-refractivity contribution in [2.24, 2.45) is 0 Å². The van der Waals surface area contributed by atoms with Crippen molar-refractivity contribution in [2.45, 2.75) is 17.5 Å². The minimum atomic E-state index is -3.85. The van der Waals surface area contributed by atoms with Gasteiger partial charge in [0.25, 0.3) is 10.1 Å². The average Bonchev–Trinajstić information content (AvgIpc) is 2.24. The summed E-state index contributed by atoms with van der Waals surface area (Å²) < 4.78 is 41.7. The van der Waals surface area contributed by atoms with E-state index in [0.717, 1.165) is 5.56 Å². The Labute approximate surface area is 99.9 Å². The van der Waals surface area contributed by atoms with Crippen LogP contribution >= 0.6 is 0 Å². The quantitative estimate of drug-likeness (QED) is 0.820. The molecule has 0 radical (unpaired) electrons. The summed E-state index contributed by atoms with van der Waals surface area (Å²) in [6.07, 6.45) is 0. The third-order valence-corrected chi connectivity index (χ3v) is 3.94. The van der Waals surface area contributed by atoms with Crippen molar-refractivity contribution < 1.29 is 17.0 Å². The van der Waals surface area contributed by atoms with Crippen LogP contribution in [0.3, 0.4) is 0 Å². The first kappa shape index (κ1) is 12.5. The molecule has 17 heavy (non-hydrogen) atoms. The summed E-state index contributed by atoms with van der Waals surface area (Å²) in [5.41, 5.74) is -0.605. The zero-order valence-electron chi connectivity index (χ0n) is 9.44. The maximum Gasteiger partial charge on any atom is 0.297 e. The van der Waals surface area contributed by atoms with Crippen molar-refractivity contribution in [1.29, 1.82) is 0 Å². The number of halogens is 1.